The Morgan fingerprint density at radius 2 is 2.05 bits per heavy atom. The van der Waals surface area contributed by atoms with Gasteiger partial charge in [-0.25, -0.2) is 0 Å². The largest absolute Gasteiger partial charge is 0.465 e. The zero-order chi connectivity index (χ0) is 15.8. The van der Waals surface area contributed by atoms with Gasteiger partial charge in [-0.3, -0.25) is 9.59 Å². The van der Waals surface area contributed by atoms with E-state index in [1.54, 1.807) is 6.92 Å². The molecule has 124 valence electrons. The lowest BCUT2D eigenvalue weighted by molar-refractivity contribution is -0.204. The van der Waals surface area contributed by atoms with Gasteiger partial charge in [0.15, 0.2) is 11.2 Å². The molecular formula is C18H28O4. The fraction of sp³-hybridized carbons (Fsp3) is 0.889. The van der Waals surface area contributed by atoms with Crippen molar-refractivity contribution < 1.29 is 19.1 Å². The topological polar surface area (TPSA) is 52.6 Å². The van der Waals surface area contributed by atoms with Crippen LogP contribution in [-0.4, -0.2) is 30.1 Å². The van der Waals surface area contributed by atoms with E-state index in [1.807, 2.05) is 0 Å². The molecule has 22 heavy (non-hydrogen) atoms. The monoisotopic (exact) mass is 308 g/mol. The third kappa shape index (κ3) is 2.14. The van der Waals surface area contributed by atoms with Gasteiger partial charge < -0.3 is 9.47 Å². The van der Waals surface area contributed by atoms with Crippen molar-refractivity contribution in [1.29, 1.82) is 0 Å². The van der Waals surface area contributed by atoms with Gasteiger partial charge in [-0.1, -0.05) is 32.6 Å². The Morgan fingerprint density at radius 1 is 1.23 bits per heavy atom. The summed E-state index contributed by atoms with van der Waals surface area (Å²) >= 11 is 0. The van der Waals surface area contributed by atoms with Gasteiger partial charge in [-0.2, -0.15) is 0 Å². The van der Waals surface area contributed by atoms with E-state index in [0.717, 1.165) is 51.4 Å². The third-order valence-electron chi connectivity index (χ3n) is 6.02. The van der Waals surface area contributed by atoms with E-state index in [1.165, 1.54) is 0 Å². The summed E-state index contributed by atoms with van der Waals surface area (Å²) in [5.41, 5.74) is -1.32. The summed E-state index contributed by atoms with van der Waals surface area (Å²) in [7, 11) is 0. The van der Waals surface area contributed by atoms with Gasteiger partial charge in [-0.05, 0) is 39.0 Å². The van der Waals surface area contributed by atoms with E-state index in [4.69, 9.17) is 9.47 Å². The minimum absolute atomic E-state index is 0.115. The molecule has 3 fully saturated rings. The Balaban J connectivity index is 2.02. The molecule has 4 nitrogen and oxygen atoms in total. The van der Waals surface area contributed by atoms with Crippen LogP contribution in [0.1, 0.15) is 71.6 Å². The van der Waals surface area contributed by atoms with E-state index in [0.29, 0.717) is 13.0 Å². The number of carbonyl (C=O) groups is 2. The maximum Gasteiger partial charge on any atom is 0.322 e. The second kappa shape index (κ2) is 5.95. The molecule has 1 saturated carbocycles. The van der Waals surface area contributed by atoms with Gasteiger partial charge in [-0.15, -0.1) is 0 Å². The molecule has 4 atom stereocenters. The highest BCUT2D eigenvalue weighted by Crippen LogP contribution is 2.57. The van der Waals surface area contributed by atoms with E-state index in [9.17, 15) is 9.59 Å². The third-order valence-corrected chi connectivity index (χ3v) is 6.02. The van der Waals surface area contributed by atoms with Crippen LogP contribution in [0, 0.1) is 11.3 Å². The van der Waals surface area contributed by atoms with Crippen LogP contribution < -0.4 is 0 Å². The highest BCUT2D eigenvalue weighted by molar-refractivity contribution is 6.07. The first-order valence-corrected chi connectivity index (χ1v) is 9.00. The molecule has 0 spiro atoms. The van der Waals surface area contributed by atoms with Gasteiger partial charge >= 0.3 is 5.97 Å². The lowest BCUT2D eigenvalue weighted by atomic mass is 9.63. The summed E-state index contributed by atoms with van der Waals surface area (Å²) in [5, 5.41) is 0. The first kappa shape index (κ1) is 16.0. The van der Waals surface area contributed by atoms with Crippen LogP contribution in [0.3, 0.4) is 0 Å². The van der Waals surface area contributed by atoms with Crippen molar-refractivity contribution in [2.24, 2.45) is 11.3 Å². The number of Topliss-reactive ketones (excluding diaryl/α,β-unsaturated/α-hetero) is 1. The van der Waals surface area contributed by atoms with Crippen LogP contribution in [0.25, 0.3) is 0 Å². The van der Waals surface area contributed by atoms with Crippen LogP contribution in [0.5, 0.6) is 0 Å². The smallest absolute Gasteiger partial charge is 0.322 e. The first-order valence-electron chi connectivity index (χ1n) is 9.00. The lowest BCUT2D eigenvalue weighted by Gasteiger charge is -2.49. The predicted octanol–water partition coefficient (Wildman–Crippen LogP) is 3.42. The molecule has 2 aliphatic heterocycles. The molecule has 4 bridgehead atoms. The van der Waals surface area contributed by atoms with Crippen molar-refractivity contribution >= 4 is 11.8 Å². The van der Waals surface area contributed by atoms with Crippen LogP contribution >= 0.6 is 0 Å². The van der Waals surface area contributed by atoms with E-state index >= 15 is 0 Å². The number of esters is 1. The fourth-order valence-electron chi connectivity index (χ4n) is 5.07. The Labute approximate surface area is 132 Å². The number of fused-ring (bicyclic) bond motifs is 6. The van der Waals surface area contributed by atoms with E-state index in [2.05, 4.69) is 6.92 Å². The number of ether oxygens (including phenoxy) is 2. The number of ketones is 1. The number of carbonyl (C=O) groups excluding carboxylic acids is 2. The van der Waals surface area contributed by atoms with Crippen molar-refractivity contribution in [3.8, 4) is 0 Å². The van der Waals surface area contributed by atoms with Crippen LogP contribution in [0.4, 0.5) is 0 Å². The predicted molar refractivity (Wildman–Crippen MR) is 82.4 cm³/mol. The molecule has 0 N–H and O–H groups in total. The van der Waals surface area contributed by atoms with Crippen molar-refractivity contribution in [2.75, 3.05) is 6.61 Å². The van der Waals surface area contributed by atoms with Crippen LogP contribution in [0.2, 0.25) is 0 Å². The minimum atomic E-state index is -1.02. The molecule has 2 heterocycles. The number of hydrogen-bond donors (Lipinski definition) is 0. The minimum Gasteiger partial charge on any atom is -0.465 e. The van der Waals surface area contributed by atoms with Crippen molar-refractivity contribution in [3.05, 3.63) is 0 Å². The summed E-state index contributed by atoms with van der Waals surface area (Å²) < 4.78 is 11.8. The second-order valence-electron chi connectivity index (χ2n) is 7.17. The Hall–Kier alpha value is -0.900. The molecule has 3 aliphatic rings. The lowest BCUT2D eigenvalue weighted by Crippen LogP contribution is -2.61. The molecule has 0 aromatic rings. The van der Waals surface area contributed by atoms with Crippen LogP contribution in [0.15, 0.2) is 0 Å². The summed E-state index contributed by atoms with van der Waals surface area (Å²) in [4.78, 5) is 26.1. The summed E-state index contributed by atoms with van der Waals surface area (Å²) in [6.45, 7) is 4.27. The Morgan fingerprint density at radius 3 is 2.77 bits per heavy atom. The van der Waals surface area contributed by atoms with Crippen molar-refractivity contribution in [1.82, 2.24) is 0 Å². The summed E-state index contributed by atoms with van der Waals surface area (Å²) in [5.74, 6) is -0.312. The average molecular weight is 308 g/mol. The molecule has 2 saturated heterocycles. The normalized spacial score (nSPS) is 40.9. The Kier molecular flexibility index (Phi) is 4.32. The van der Waals surface area contributed by atoms with Gasteiger partial charge in [0.05, 0.1) is 18.3 Å². The maximum atomic E-state index is 13.4. The molecule has 4 heteroatoms. The maximum absolute atomic E-state index is 13.4. The van der Waals surface area contributed by atoms with Gasteiger partial charge in [0.1, 0.15) is 0 Å². The molecule has 0 unspecified atom stereocenters. The zero-order valence-corrected chi connectivity index (χ0v) is 13.9. The summed E-state index contributed by atoms with van der Waals surface area (Å²) in [6.07, 6.45) is 7.97. The quantitative estimate of drug-likeness (QED) is 0.590. The van der Waals surface area contributed by atoms with E-state index < -0.39 is 5.41 Å². The molecule has 0 amide bonds. The molecular weight excluding hydrogens is 280 g/mol. The average Bonchev–Trinajstić information content (AvgIpc) is 2.86. The standard InChI is InChI=1S/C18H28O4/c1-3-10-17-12-9-14(22-17)18(16(20)21-4-2)11-7-5-6-8-13(17)15(18)19/h13-14H,3-12H2,1-2H3/t13-,14-,17+,18+/m1/s1. The highest BCUT2D eigenvalue weighted by atomic mass is 16.5. The second-order valence-corrected chi connectivity index (χ2v) is 7.17. The molecule has 0 aromatic heterocycles. The van der Waals surface area contributed by atoms with Crippen molar-refractivity contribution in [3.63, 3.8) is 0 Å². The van der Waals surface area contributed by atoms with Crippen LogP contribution in [-0.2, 0) is 19.1 Å². The van der Waals surface area contributed by atoms with Gasteiger partial charge in [0.25, 0.3) is 0 Å². The van der Waals surface area contributed by atoms with Crippen molar-refractivity contribution in [2.45, 2.75) is 83.3 Å². The number of rotatable bonds is 4. The molecule has 0 radical (unpaired) electrons. The molecule has 3 rings (SSSR count). The fourth-order valence-corrected chi connectivity index (χ4v) is 5.07. The zero-order valence-electron chi connectivity index (χ0n) is 13.9. The molecule has 1 aliphatic carbocycles. The SMILES string of the molecule is CCC[C@@]12CC[C@@H](O1)[C@@]1(C(=O)OCC)CCCCC[C@@H]2C1=O. The summed E-state index contributed by atoms with van der Waals surface area (Å²) in [6, 6.07) is 0. The number of hydrogen-bond acceptors (Lipinski definition) is 4. The van der Waals surface area contributed by atoms with E-state index in [-0.39, 0.29) is 29.4 Å². The highest BCUT2D eigenvalue weighted by Gasteiger charge is 2.67. The Bertz CT molecular complexity index is 460. The molecule has 0 aromatic carbocycles. The van der Waals surface area contributed by atoms with Gasteiger partial charge in [0.2, 0.25) is 0 Å². The first-order chi connectivity index (χ1) is 10.6. The van der Waals surface area contributed by atoms with Gasteiger partial charge in [0, 0.05) is 5.92 Å².